The van der Waals surface area contributed by atoms with Gasteiger partial charge >= 0.3 is 0 Å². The lowest BCUT2D eigenvalue weighted by molar-refractivity contribution is 0.175. The Morgan fingerprint density at radius 2 is 2.07 bits per heavy atom. The Labute approximate surface area is 81.7 Å². The summed E-state index contributed by atoms with van der Waals surface area (Å²) in [7, 11) is 0. The molecule has 0 saturated carbocycles. The minimum absolute atomic E-state index is 0.0204. The van der Waals surface area contributed by atoms with Crippen molar-refractivity contribution in [2.45, 2.75) is 19.4 Å². The van der Waals surface area contributed by atoms with Gasteiger partial charge < -0.3 is 5.11 Å². The molecule has 0 heterocycles. The third kappa shape index (κ3) is 1.99. The largest absolute Gasteiger partial charge is 0.388 e. The lowest BCUT2D eigenvalue weighted by Crippen LogP contribution is -2.02. The smallest absolute Gasteiger partial charge is 0.164 e. The van der Waals surface area contributed by atoms with Crippen molar-refractivity contribution in [3.05, 3.63) is 47.5 Å². The van der Waals surface area contributed by atoms with Crippen LogP contribution >= 0.6 is 0 Å². The fraction of sp³-hybridized carbons (Fsp3) is 0.273. The number of benzene rings is 1. The molecule has 14 heavy (non-hydrogen) atoms. The van der Waals surface area contributed by atoms with Gasteiger partial charge in [0.1, 0.15) is 0 Å². The van der Waals surface area contributed by atoms with Crippen LogP contribution in [0.25, 0.3) is 0 Å². The SMILES string of the molecule is C=CCC(O)c1ccc(C)c(F)c1F. The fourth-order valence-corrected chi connectivity index (χ4v) is 1.20. The second-order valence-electron chi connectivity index (χ2n) is 3.14. The van der Waals surface area contributed by atoms with Crippen LogP contribution in [0, 0.1) is 18.6 Å². The predicted octanol–water partition coefficient (Wildman–Crippen LogP) is 2.88. The highest BCUT2D eigenvalue weighted by molar-refractivity contribution is 5.27. The monoisotopic (exact) mass is 198 g/mol. The van der Waals surface area contributed by atoms with Crippen LogP contribution in [0.15, 0.2) is 24.8 Å². The van der Waals surface area contributed by atoms with E-state index in [0.717, 1.165) is 0 Å². The first-order chi connectivity index (χ1) is 6.57. The van der Waals surface area contributed by atoms with Crippen molar-refractivity contribution in [2.75, 3.05) is 0 Å². The molecule has 0 aliphatic heterocycles. The first kappa shape index (κ1) is 10.9. The second kappa shape index (κ2) is 4.33. The van der Waals surface area contributed by atoms with Crippen LogP contribution in [0.3, 0.4) is 0 Å². The number of halogens is 2. The highest BCUT2D eigenvalue weighted by atomic mass is 19.2. The minimum atomic E-state index is -1.03. The van der Waals surface area contributed by atoms with E-state index in [1.807, 2.05) is 0 Å². The molecular weight excluding hydrogens is 186 g/mol. The van der Waals surface area contributed by atoms with Crippen LogP contribution < -0.4 is 0 Å². The highest BCUT2D eigenvalue weighted by Gasteiger charge is 2.16. The van der Waals surface area contributed by atoms with Gasteiger partial charge in [0.05, 0.1) is 6.10 Å². The molecule has 1 N–H and O–H groups in total. The Balaban J connectivity index is 3.10. The maximum Gasteiger partial charge on any atom is 0.164 e. The van der Waals surface area contributed by atoms with Gasteiger partial charge in [0.2, 0.25) is 0 Å². The minimum Gasteiger partial charge on any atom is -0.388 e. The molecule has 1 unspecified atom stereocenters. The van der Waals surface area contributed by atoms with E-state index in [1.165, 1.54) is 25.1 Å². The van der Waals surface area contributed by atoms with Gasteiger partial charge in [0.25, 0.3) is 0 Å². The molecular formula is C11H12F2O. The maximum atomic E-state index is 13.3. The zero-order valence-electron chi connectivity index (χ0n) is 7.93. The lowest BCUT2D eigenvalue weighted by atomic mass is 10.0. The molecule has 1 rings (SSSR count). The topological polar surface area (TPSA) is 20.2 Å². The van der Waals surface area contributed by atoms with E-state index in [9.17, 15) is 13.9 Å². The third-order valence-corrected chi connectivity index (χ3v) is 2.05. The number of aliphatic hydroxyl groups excluding tert-OH is 1. The molecule has 0 aliphatic rings. The van der Waals surface area contributed by atoms with Gasteiger partial charge in [0.15, 0.2) is 11.6 Å². The average molecular weight is 198 g/mol. The Kier molecular flexibility index (Phi) is 3.36. The summed E-state index contributed by atoms with van der Waals surface area (Å²) in [5.74, 6) is -1.87. The Morgan fingerprint density at radius 1 is 1.43 bits per heavy atom. The summed E-state index contributed by atoms with van der Waals surface area (Å²) < 4.78 is 26.3. The molecule has 0 amide bonds. The Bertz CT molecular complexity index is 347. The molecule has 0 aromatic heterocycles. The van der Waals surface area contributed by atoms with Crippen LogP contribution in [0.5, 0.6) is 0 Å². The van der Waals surface area contributed by atoms with Gasteiger partial charge in [0, 0.05) is 5.56 Å². The number of hydrogen-bond acceptors (Lipinski definition) is 1. The van der Waals surface area contributed by atoms with Crippen molar-refractivity contribution >= 4 is 0 Å². The lowest BCUT2D eigenvalue weighted by Gasteiger charge is -2.10. The fourth-order valence-electron chi connectivity index (χ4n) is 1.20. The molecule has 1 aromatic carbocycles. The van der Waals surface area contributed by atoms with E-state index in [4.69, 9.17) is 0 Å². The zero-order valence-corrected chi connectivity index (χ0v) is 7.93. The maximum absolute atomic E-state index is 13.3. The van der Waals surface area contributed by atoms with Crippen molar-refractivity contribution in [1.82, 2.24) is 0 Å². The molecule has 1 aromatic rings. The molecule has 76 valence electrons. The van der Waals surface area contributed by atoms with Gasteiger partial charge in [-0.25, -0.2) is 8.78 Å². The van der Waals surface area contributed by atoms with Gasteiger partial charge in [-0.2, -0.15) is 0 Å². The van der Waals surface area contributed by atoms with E-state index in [-0.39, 0.29) is 17.5 Å². The van der Waals surface area contributed by atoms with Gasteiger partial charge in [-0.15, -0.1) is 6.58 Å². The van der Waals surface area contributed by atoms with Crippen molar-refractivity contribution in [1.29, 1.82) is 0 Å². The molecule has 3 heteroatoms. The van der Waals surface area contributed by atoms with Crippen molar-refractivity contribution in [3.63, 3.8) is 0 Å². The van der Waals surface area contributed by atoms with Crippen LogP contribution in [0.4, 0.5) is 8.78 Å². The molecule has 0 radical (unpaired) electrons. The number of hydrogen-bond donors (Lipinski definition) is 1. The summed E-state index contributed by atoms with van der Waals surface area (Å²) in [5, 5.41) is 9.44. The predicted molar refractivity (Wildman–Crippen MR) is 50.9 cm³/mol. The van der Waals surface area contributed by atoms with Gasteiger partial charge in [-0.1, -0.05) is 18.2 Å². The number of aliphatic hydroxyl groups is 1. The van der Waals surface area contributed by atoms with Crippen LogP contribution in [-0.2, 0) is 0 Å². The molecule has 0 bridgehead atoms. The third-order valence-electron chi connectivity index (χ3n) is 2.05. The molecule has 0 fully saturated rings. The normalized spacial score (nSPS) is 12.6. The average Bonchev–Trinajstić information content (AvgIpc) is 2.15. The Hall–Kier alpha value is -1.22. The summed E-state index contributed by atoms with van der Waals surface area (Å²) in [5.41, 5.74) is 0.213. The zero-order chi connectivity index (χ0) is 10.7. The van der Waals surface area contributed by atoms with Crippen molar-refractivity contribution in [3.8, 4) is 0 Å². The van der Waals surface area contributed by atoms with Crippen LogP contribution in [0.1, 0.15) is 23.7 Å². The summed E-state index contributed by atoms with van der Waals surface area (Å²) in [6, 6.07) is 2.84. The van der Waals surface area contributed by atoms with E-state index < -0.39 is 17.7 Å². The van der Waals surface area contributed by atoms with E-state index in [1.54, 1.807) is 0 Å². The second-order valence-corrected chi connectivity index (χ2v) is 3.14. The highest BCUT2D eigenvalue weighted by Crippen LogP contribution is 2.23. The molecule has 1 nitrogen and oxygen atoms in total. The van der Waals surface area contributed by atoms with E-state index in [0.29, 0.717) is 0 Å². The molecule has 0 spiro atoms. The van der Waals surface area contributed by atoms with Crippen molar-refractivity contribution < 1.29 is 13.9 Å². The quantitative estimate of drug-likeness (QED) is 0.740. The molecule has 0 aliphatic carbocycles. The Morgan fingerprint density at radius 3 is 2.64 bits per heavy atom. The number of rotatable bonds is 3. The summed E-state index contributed by atoms with van der Waals surface area (Å²) in [6.07, 6.45) is 0.643. The molecule has 1 atom stereocenters. The van der Waals surface area contributed by atoms with Gasteiger partial charge in [-0.3, -0.25) is 0 Å². The van der Waals surface area contributed by atoms with Crippen LogP contribution in [0.2, 0.25) is 0 Å². The van der Waals surface area contributed by atoms with E-state index in [2.05, 4.69) is 6.58 Å². The van der Waals surface area contributed by atoms with Crippen molar-refractivity contribution in [2.24, 2.45) is 0 Å². The summed E-state index contributed by atoms with van der Waals surface area (Å²) in [6.45, 7) is 4.89. The summed E-state index contributed by atoms with van der Waals surface area (Å²) in [4.78, 5) is 0. The first-order valence-corrected chi connectivity index (χ1v) is 4.31. The van der Waals surface area contributed by atoms with E-state index >= 15 is 0 Å². The first-order valence-electron chi connectivity index (χ1n) is 4.31. The standard InChI is InChI=1S/C11H12F2O/c1-3-4-9(14)8-6-5-7(2)10(12)11(8)13/h3,5-6,9,14H,1,4H2,2H3. The van der Waals surface area contributed by atoms with Crippen LogP contribution in [-0.4, -0.2) is 5.11 Å². The number of aryl methyl sites for hydroxylation is 1. The summed E-state index contributed by atoms with van der Waals surface area (Å²) >= 11 is 0. The molecule has 0 saturated heterocycles. The van der Waals surface area contributed by atoms with Gasteiger partial charge in [-0.05, 0) is 18.9 Å².